The summed E-state index contributed by atoms with van der Waals surface area (Å²) >= 11 is 0. The van der Waals surface area contributed by atoms with E-state index in [1.807, 2.05) is 6.92 Å². The Morgan fingerprint density at radius 1 is 1.04 bits per heavy atom. The number of phenolic OH excluding ortho intramolecular Hbond substituents is 1. The van der Waals surface area contributed by atoms with Gasteiger partial charge in [-0.15, -0.1) is 0 Å². The number of phenols is 1. The van der Waals surface area contributed by atoms with Crippen LogP contribution in [0.25, 0.3) is 0 Å². The maximum atomic E-state index is 12.4. The van der Waals surface area contributed by atoms with Crippen LogP contribution in [0.5, 0.6) is 17.2 Å². The zero-order chi connectivity index (χ0) is 17.6. The van der Waals surface area contributed by atoms with Gasteiger partial charge in [0, 0.05) is 18.1 Å². The van der Waals surface area contributed by atoms with Crippen LogP contribution in [-0.4, -0.2) is 16.0 Å². The van der Waals surface area contributed by atoms with Gasteiger partial charge in [0.1, 0.15) is 17.2 Å². The summed E-state index contributed by atoms with van der Waals surface area (Å²) in [4.78, 5) is 16.3. The molecule has 0 aliphatic carbocycles. The summed E-state index contributed by atoms with van der Waals surface area (Å²) in [6.45, 7) is 2.00. The minimum atomic E-state index is -0.351. The van der Waals surface area contributed by atoms with Gasteiger partial charge in [-0.3, -0.25) is 9.78 Å². The first-order chi connectivity index (χ1) is 12.2. The Morgan fingerprint density at radius 2 is 1.72 bits per heavy atom. The minimum Gasteiger partial charge on any atom is -0.507 e. The number of aromatic nitrogens is 1. The van der Waals surface area contributed by atoms with Crippen LogP contribution in [0.4, 0.5) is 5.69 Å². The molecule has 0 spiro atoms. The van der Waals surface area contributed by atoms with Crippen LogP contribution < -0.4 is 10.1 Å². The number of rotatable bonds is 5. The summed E-state index contributed by atoms with van der Waals surface area (Å²) in [7, 11) is 0. The van der Waals surface area contributed by atoms with Gasteiger partial charge >= 0.3 is 0 Å². The topological polar surface area (TPSA) is 71.5 Å². The van der Waals surface area contributed by atoms with Crippen molar-refractivity contribution in [1.29, 1.82) is 0 Å². The van der Waals surface area contributed by atoms with E-state index in [0.29, 0.717) is 17.2 Å². The first-order valence-electron chi connectivity index (χ1n) is 7.97. The number of anilines is 1. The van der Waals surface area contributed by atoms with E-state index in [2.05, 4.69) is 10.3 Å². The highest BCUT2D eigenvalue weighted by molar-refractivity contribution is 6.06. The molecule has 1 aromatic heterocycles. The number of nitrogens with zero attached hydrogens (tertiary/aromatic N) is 1. The van der Waals surface area contributed by atoms with E-state index in [1.54, 1.807) is 67.0 Å². The van der Waals surface area contributed by atoms with Gasteiger partial charge in [0.05, 0.1) is 5.56 Å². The maximum Gasteiger partial charge on any atom is 0.259 e. The Bertz CT molecular complexity index is 862. The summed E-state index contributed by atoms with van der Waals surface area (Å²) in [6.07, 6.45) is 4.10. The van der Waals surface area contributed by atoms with Crippen molar-refractivity contribution < 1.29 is 14.6 Å². The first-order valence-corrected chi connectivity index (χ1v) is 7.97. The molecule has 25 heavy (non-hydrogen) atoms. The standard InChI is InChI=1S/C20H18N2O3/c1-2-14-3-8-19(23)18(13-14)20(24)22-15-4-6-16(7-5-15)25-17-9-11-21-12-10-17/h3-13,23H,2H2,1H3,(H,22,24). The molecule has 3 rings (SSSR count). The Hall–Kier alpha value is -3.34. The average molecular weight is 334 g/mol. The molecule has 2 N–H and O–H groups in total. The third kappa shape index (κ3) is 4.14. The fraction of sp³-hybridized carbons (Fsp3) is 0.100. The first kappa shape index (κ1) is 16.5. The Morgan fingerprint density at radius 3 is 2.40 bits per heavy atom. The summed E-state index contributed by atoms with van der Waals surface area (Å²) in [6, 6.07) is 15.6. The average Bonchev–Trinajstić information content (AvgIpc) is 2.64. The van der Waals surface area contributed by atoms with Gasteiger partial charge in [-0.05, 0) is 60.5 Å². The molecule has 0 aliphatic rings. The number of aryl methyl sites for hydroxylation is 1. The highest BCUT2D eigenvalue weighted by Gasteiger charge is 2.12. The van der Waals surface area contributed by atoms with Crippen LogP contribution in [0, 0.1) is 0 Å². The van der Waals surface area contributed by atoms with Crippen LogP contribution in [0.2, 0.25) is 0 Å². The van der Waals surface area contributed by atoms with Gasteiger partial charge in [-0.2, -0.15) is 0 Å². The predicted molar refractivity (Wildman–Crippen MR) is 96.2 cm³/mol. The fourth-order valence-corrected chi connectivity index (χ4v) is 2.33. The molecule has 0 fully saturated rings. The molecule has 0 saturated heterocycles. The van der Waals surface area contributed by atoms with Crippen molar-refractivity contribution >= 4 is 11.6 Å². The van der Waals surface area contributed by atoms with Crippen LogP contribution in [0.1, 0.15) is 22.8 Å². The summed E-state index contributed by atoms with van der Waals surface area (Å²) in [5.41, 5.74) is 1.87. The van der Waals surface area contributed by atoms with Crippen LogP contribution in [0.3, 0.4) is 0 Å². The number of carbonyl (C=O) groups is 1. The lowest BCUT2D eigenvalue weighted by atomic mass is 10.1. The second-order valence-corrected chi connectivity index (χ2v) is 5.47. The largest absolute Gasteiger partial charge is 0.507 e. The Balaban J connectivity index is 1.70. The molecule has 0 atom stereocenters. The van der Waals surface area contributed by atoms with Crippen molar-refractivity contribution in [1.82, 2.24) is 4.98 Å². The summed E-state index contributed by atoms with van der Waals surface area (Å²) < 4.78 is 5.68. The number of aromatic hydroxyl groups is 1. The van der Waals surface area contributed by atoms with E-state index >= 15 is 0 Å². The number of carbonyl (C=O) groups excluding carboxylic acids is 1. The van der Waals surface area contributed by atoms with E-state index in [1.165, 1.54) is 0 Å². The minimum absolute atomic E-state index is 0.0349. The molecular weight excluding hydrogens is 316 g/mol. The van der Waals surface area contributed by atoms with Crippen molar-refractivity contribution in [3.8, 4) is 17.2 Å². The molecule has 3 aromatic rings. The number of benzene rings is 2. The van der Waals surface area contributed by atoms with Crippen molar-refractivity contribution in [2.24, 2.45) is 0 Å². The van der Waals surface area contributed by atoms with E-state index < -0.39 is 0 Å². The monoisotopic (exact) mass is 334 g/mol. The molecular formula is C20H18N2O3. The van der Waals surface area contributed by atoms with Crippen LogP contribution >= 0.6 is 0 Å². The third-order valence-corrected chi connectivity index (χ3v) is 3.71. The lowest BCUT2D eigenvalue weighted by Gasteiger charge is -2.10. The van der Waals surface area contributed by atoms with E-state index in [4.69, 9.17) is 4.74 Å². The van der Waals surface area contributed by atoms with Crippen molar-refractivity contribution in [2.75, 3.05) is 5.32 Å². The molecule has 126 valence electrons. The maximum absolute atomic E-state index is 12.4. The number of amides is 1. The zero-order valence-electron chi connectivity index (χ0n) is 13.8. The Labute approximate surface area is 145 Å². The van der Waals surface area contributed by atoms with E-state index in [9.17, 15) is 9.90 Å². The van der Waals surface area contributed by atoms with E-state index in [-0.39, 0.29) is 17.2 Å². The van der Waals surface area contributed by atoms with Crippen LogP contribution in [-0.2, 0) is 6.42 Å². The molecule has 0 bridgehead atoms. The van der Waals surface area contributed by atoms with Crippen LogP contribution in [0.15, 0.2) is 67.0 Å². The van der Waals surface area contributed by atoms with Gasteiger partial charge in [0.15, 0.2) is 0 Å². The predicted octanol–water partition coefficient (Wildman–Crippen LogP) is 4.39. The number of hydrogen-bond donors (Lipinski definition) is 2. The highest BCUT2D eigenvalue weighted by atomic mass is 16.5. The number of hydrogen-bond acceptors (Lipinski definition) is 4. The number of nitrogens with one attached hydrogen (secondary N) is 1. The SMILES string of the molecule is CCc1ccc(O)c(C(=O)Nc2ccc(Oc3ccncc3)cc2)c1. The molecule has 2 aromatic carbocycles. The molecule has 5 nitrogen and oxygen atoms in total. The van der Waals surface area contributed by atoms with Gasteiger partial charge < -0.3 is 15.2 Å². The lowest BCUT2D eigenvalue weighted by molar-refractivity contribution is 0.102. The zero-order valence-corrected chi connectivity index (χ0v) is 13.8. The van der Waals surface area contributed by atoms with Crippen molar-refractivity contribution in [2.45, 2.75) is 13.3 Å². The quantitative estimate of drug-likeness (QED) is 0.726. The van der Waals surface area contributed by atoms with Crippen molar-refractivity contribution in [3.63, 3.8) is 0 Å². The molecule has 1 amide bonds. The molecule has 5 heteroatoms. The van der Waals surface area contributed by atoms with Gasteiger partial charge in [0.2, 0.25) is 0 Å². The molecule has 1 heterocycles. The summed E-state index contributed by atoms with van der Waals surface area (Å²) in [5, 5.41) is 12.7. The lowest BCUT2D eigenvalue weighted by Crippen LogP contribution is -2.12. The van der Waals surface area contributed by atoms with Gasteiger partial charge in [0.25, 0.3) is 5.91 Å². The fourth-order valence-electron chi connectivity index (χ4n) is 2.33. The normalized spacial score (nSPS) is 10.3. The van der Waals surface area contributed by atoms with Gasteiger partial charge in [-0.25, -0.2) is 0 Å². The van der Waals surface area contributed by atoms with Crippen molar-refractivity contribution in [3.05, 3.63) is 78.1 Å². The second kappa shape index (κ2) is 7.49. The number of ether oxygens (including phenoxy) is 1. The smallest absolute Gasteiger partial charge is 0.259 e. The molecule has 0 radical (unpaired) electrons. The number of pyridine rings is 1. The summed E-state index contributed by atoms with van der Waals surface area (Å²) in [5.74, 6) is 0.955. The van der Waals surface area contributed by atoms with Gasteiger partial charge in [-0.1, -0.05) is 13.0 Å². The third-order valence-electron chi connectivity index (χ3n) is 3.71. The highest BCUT2D eigenvalue weighted by Crippen LogP contribution is 2.24. The molecule has 0 unspecified atom stereocenters. The molecule has 0 aliphatic heterocycles. The Kier molecular flexibility index (Phi) is 4.95. The van der Waals surface area contributed by atoms with E-state index in [0.717, 1.165) is 12.0 Å². The second-order valence-electron chi connectivity index (χ2n) is 5.47. The molecule has 0 saturated carbocycles.